The highest BCUT2D eigenvalue weighted by Crippen LogP contribution is 2.32. The third-order valence-corrected chi connectivity index (χ3v) is 4.37. The van der Waals surface area contributed by atoms with Gasteiger partial charge in [-0.05, 0) is 31.9 Å². The van der Waals surface area contributed by atoms with Gasteiger partial charge in [0.05, 0.1) is 17.8 Å². The number of carbonyl (C=O) groups excluding carboxylic acids is 1. The van der Waals surface area contributed by atoms with Gasteiger partial charge in [-0.25, -0.2) is 0 Å². The first kappa shape index (κ1) is 16.1. The van der Waals surface area contributed by atoms with Crippen molar-refractivity contribution in [1.82, 2.24) is 5.32 Å². The summed E-state index contributed by atoms with van der Waals surface area (Å²) < 4.78 is 35.1. The van der Waals surface area contributed by atoms with Crippen molar-refractivity contribution in [2.24, 2.45) is 0 Å². The molecule has 2 aliphatic rings. The molecule has 0 aliphatic carbocycles. The van der Waals surface area contributed by atoms with E-state index in [1.54, 1.807) is 18.2 Å². The Kier molecular flexibility index (Phi) is 4.77. The van der Waals surface area contributed by atoms with Gasteiger partial charge in [-0.1, -0.05) is 12.1 Å². The van der Waals surface area contributed by atoms with Crippen molar-refractivity contribution in [2.75, 3.05) is 18.1 Å². The Bertz CT molecular complexity index is 570. The number of para-hydroxylation sites is 2. The normalized spacial score (nSPS) is 27.9. The first-order chi connectivity index (χ1) is 11.1. The maximum Gasteiger partial charge on any atom is 0.387 e. The predicted octanol–water partition coefficient (Wildman–Crippen LogP) is 2.16. The van der Waals surface area contributed by atoms with Crippen molar-refractivity contribution in [2.45, 2.75) is 44.6 Å². The molecule has 2 saturated heterocycles. The minimum atomic E-state index is -2.92. The molecule has 23 heavy (non-hydrogen) atoms. The highest BCUT2D eigenvalue weighted by molar-refractivity contribution is 6.00. The number of nitrogens with zero attached hydrogens (tertiary/aromatic N) is 1. The first-order valence-electron chi connectivity index (χ1n) is 7.79. The van der Waals surface area contributed by atoms with Crippen molar-refractivity contribution >= 4 is 11.6 Å². The van der Waals surface area contributed by atoms with Crippen molar-refractivity contribution in [3.63, 3.8) is 0 Å². The monoisotopic (exact) mass is 326 g/mol. The molecule has 0 aromatic heterocycles. The summed E-state index contributed by atoms with van der Waals surface area (Å²) in [5, 5.41) is 3.33. The molecule has 2 heterocycles. The largest absolute Gasteiger partial charge is 0.433 e. The van der Waals surface area contributed by atoms with Crippen LogP contribution in [-0.2, 0) is 9.53 Å². The summed E-state index contributed by atoms with van der Waals surface area (Å²) in [5.41, 5.74) is 0.387. The van der Waals surface area contributed by atoms with Gasteiger partial charge in [0.2, 0.25) is 5.91 Å². The lowest BCUT2D eigenvalue weighted by Crippen LogP contribution is -2.46. The average Bonchev–Trinajstić information content (AvgIpc) is 3.07. The molecule has 1 aromatic carbocycles. The summed E-state index contributed by atoms with van der Waals surface area (Å²) in [6, 6.07) is 6.21. The molecule has 1 aromatic rings. The summed E-state index contributed by atoms with van der Waals surface area (Å²) in [5.74, 6) is -0.0940. The van der Waals surface area contributed by atoms with E-state index in [2.05, 4.69) is 10.1 Å². The highest BCUT2D eigenvalue weighted by Gasteiger charge is 2.37. The van der Waals surface area contributed by atoms with Gasteiger partial charge >= 0.3 is 6.61 Å². The number of rotatable bonds is 5. The van der Waals surface area contributed by atoms with Gasteiger partial charge in [0.25, 0.3) is 0 Å². The van der Waals surface area contributed by atoms with E-state index >= 15 is 0 Å². The standard InChI is InChI=1S/C16H20F2N2O3/c1-10-11(7-9-22-10)19-12-6-8-20(15(12)21)13-4-2-3-5-14(13)23-16(17)18/h2-5,10-12,16,19H,6-9H2,1H3/t10-,11-,12+/m0/s1. The van der Waals surface area contributed by atoms with E-state index in [0.717, 1.165) is 6.42 Å². The quantitative estimate of drug-likeness (QED) is 0.901. The van der Waals surface area contributed by atoms with E-state index in [9.17, 15) is 13.6 Å². The van der Waals surface area contributed by atoms with Crippen LogP contribution in [0.1, 0.15) is 19.8 Å². The van der Waals surface area contributed by atoms with E-state index in [-0.39, 0.29) is 29.8 Å². The fourth-order valence-electron chi connectivity index (χ4n) is 3.16. The number of halogens is 2. The summed E-state index contributed by atoms with van der Waals surface area (Å²) in [6.45, 7) is 0.226. The van der Waals surface area contributed by atoms with Crippen molar-refractivity contribution in [3.05, 3.63) is 24.3 Å². The molecule has 3 atom stereocenters. The lowest BCUT2D eigenvalue weighted by atomic mass is 10.1. The van der Waals surface area contributed by atoms with Gasteiger partial charge in [-0.2, -0.15) is 8.78 Å². The second-order valence-electron chi connectivity index (χ2n) is 5.82. The predicted molar refractivity (Wildman–Crippen MR) is 80.8 cm³/mol. The van der Waals surface area contributed by atoms with Crippen LogP contribution in [0.4, 0.5) is 14.5 Å². The molecule has 5 nitrogen and oxygen atoms in total. The van der Waals surface area contributed by atoms with E-state index in [4.69, 9.17) is 4.74 Å². The van der Waals surface area contributed by atoms with Crippen LogP contribution in [-0.4, -0.2) is 43.9 Å². The van der Waals surface area contributed by atoms with Crippen molar-refractivity contribution in [1.29, 1.82) is 0 Å². The molecule has 2 fully saturated rings. The Hall–Kier alpha value is -1.73. The van der Waals surface area contributed by atoms with Crippen LogP contribution >= 0.6 is 0 Å². The molecular weight excluding hydrogens is 306 g/mol. The van der Waals surface area contributed by atoms with Crippen LogP contribution in [0.3, 0.4) is 0 Å². The third-order valence-electron chi connectivity index (χ3n) is 4.37. The van der Waals surface area contributed by atoms with Gasteiger partial charge < -0.3 is 19.7 Å². The number of hydrogen-bond donors (Lipinski definition) is 1. The molecule has 0 spiro atoms. The second-order valence-corrected chi connectivity index (χ2v) is 5.82. The zero-order valence-electron chi connectivity index (χ0n) is 12.9. The van der Waals surface area contributed by atoms with Gasteiger partial charge in [-0.15, -0.1) is 0 Å². The van der Waals surface area contributed by atoms with Crippen molar-refractivity contribution in [3.8, 4) is 5.75 Å². The minimum Gasteiger partial charge on any atom is -0.433 e. The maximum absolute atomic E-state index is 12.6. The lowest BCUT2D eigenvalue weighted by Gasteiger charge is -2.22. The van der Waals surface area contributed by atoms with Gasteiger partial charge in [0.15, 0.2) is 0 Å². The summed E-state index contributed by atoms with van der Waals surface area (Å²) >= 11 is 0. The Labute approximate surface area is 133 Å². The third kappa shape index (κ3) is 3.45. The molecule has 1 N–H and O–H groups in total. The zero-order chi connectivity index (χ0) is 16.4. The summed E-state index contributed by atoms with van der Waals surface area (Å²) in [6.07, 6.45) is 1.58. The number of ether oxygens (including phenoxy) is 2. The van der Waals surface area contributed by atoms with Gasteiger partial charge in [-0.3, -0.25) is 4.79 Å². The number of anilines is 1. The minimum absolute atomic E-state index is 0.0223. The molecule has 0 radical (unpaired) electrons. The van der Waals surface area contributed by atoms with E-state index < -0.39 is 6.61 Å². The molecule has 126 valence electrons. The molecule has 7 heteroatoms. The Balaban J connectivity index is 1.71. The van der Waals surface area contributed by atoms with E-state index in [0.29, 0.717) is 25.3 Å². The topological polar surface area (TPSA) is 50.8 Å². The van der Waals surface area contributed by atoms with Crippen LogP contribution < -0.4 is 15.0 Å². The Morgan fingerprint density at radius 1 is 1.35 bits per heavy atom. The van der Waals surface area contributed by atoms with Crippen molar-refractivity contribution < 1.29 is 23.0 Å². The first-order valence-corrected chi connectivity index (χ1v) is 7.79. The summed E-state index contributed by atoms with van der Waals surface area (Å²) in [4.78, 5) is 14.1. The number of benzene rings is 1. The van der Waals surface area contributed by atoms with Crippen LogP contribution in [0.25, 0.3) is 0 Å². The average molecular weight is 326 g/mol. The van der Waals surface area contributed by atoms with Crippen LogP contribution in [0.5, 0.6) is 5.75 Å². The Morgan fingerprint density at radius 2 is 2.13 bits per heavy atom. The molecule has 1 amide bonds. The molecule has 0 unspecified atom stereocenters. The number of alkyl halides is 2. The smallest absolute Gasteiger partial charge is 0.387 e. The SMILES string of the molecule is C[C@@H]1OCC[C@@H]1N[C@@H]1CCN(c2ccccc2OC(F)F)C1=O. The summed E-state index contributed by atoms with van der Waals surface area (Å²) in [7, 11) is 0. The molecule has 3 rings (SSSR count). The molecular formula is C16H20F2N2O3. The number of amides is 1. The number of nitrogens with one attached hydrogen (secondary N) is 1. The fraction of sp³-hybridized carbons (Fsp3) is 0.562. The fourth-order valence-corrected chi connectivity index (χ4v) is 3.16. The lowest BCUT2D eigenvalue weighted by molar-refractivity contribution is -0.119. The highest BCUT2D eigenvalue weighted by atomic mass is 19.3. The number of carbonyl (C=O) groups is 1. The zero-order valence-corrected chi connectivity index (χ0v) is 12.9. The second kappa shape index (κ2) is 6.80. The molecule has 0 saturated carbocycles. The van der Waals surface area contributed by atoms with Crippen LogP contribution in [0.2, 0.25) is 0 Å². The Morgan fingerprint density at radius 3 is 2.83 bits per heavy atom. The molecule has 0 bridgehead atoms. The van der Waals surface area contributed by atoms with Crippen LogP contribution in [0, 0.1) is 0 Å². The molecule has 2 aliphatic heterocycles. The number of hydrogen-bond acceptors (Lipinski definition) is 4. The van der Waals surface area contributed by atoms with Crippen LogP contribution in [0.15, 0.2) is 24.3 Å². The maximum atomic E-state index is 12.6. The van der Waals surface area contributed by atoms with Gasteiger partial charge in [0, 0.05) is 19.2 Å². The van der Waals surface area contributed by atoms with E-state index in [1.807, 2.05) is 6.92 Å². The van der Waals surface area contributed by atoms with E-state index in [1.165, 1.54) is 11.0 Å². The van der Waals surface area contributed by atoms with Gasteiger partial charge in [0.1, 0.15) is 5.75 Å².